The molecule has 0 bridgehead atoms. The van der Waals surface area contributed by atoms with E-state index in [1.165, 1.54) is 23.1 Å². The molecule has 0 atom stereocenters. The first-order valence-electron chi connectivity index (χ1n) is 9.11. The molecule has 0 spiro atoms. The van der Waals surface area contributed by atoms with Gasteiger partial charge in [-0.1, -0.05) is 11.8 Å². The molecule has 3 heterocycles. The van der Waals surface area contributed by atoms with Gasteiger partial charge < -0.3 is 14.8 Å². The molecule has 0 radical (unpaired) electrons. The molecule has 3 aromatic heterocycles. The number of aryl methyl sites for hydroxylation is 2. The van der Waals surface area contributed by atoms with Crippen molar-refractivity contribution in [2.75, 3.05) is 11.1 Å². The van der Waals surface area contributed by atoms with E-state index in [2.05, 4.69) is 20.5 Å². The summed E-state index contributed by atoms with van der Waals surface area (Å²) >= 11 is 2.74. The third-order valence-electron chi connectivity index (χ3n) is 4.34. The van der Waals surface area contributed by atoms with Gasteiger partial charge in [0.1, 0.15) is 11.5 Å². The fourth-order valence-electron chi connectivity index (χ4n) is 2.73. The maximum atomic E-state index is 12.4. The zero-order valence-electron chi connectivity index (χ0n) is 16.3. The van der Waals surface area contributed by atoms with Gasteiger partial charge in [-0.05, 0) is 50.2 Å². The molecule has 30 heavy (non-hydrogen) atoms. The molecule has 0 saturated heterocycles. The van der Waals surface area contributed by atoms with E-state index in [0.717, 1.165) is 21.9 Å². The van der Waals surface area contributed by atoms with E-state index in [4.69, 9.17) is 4.42 Å². The first kappa shape index (κ1) is 20.2. The van der Waals surface area contributed by atoms with Gasteiger partial charge in [-0.15, -0.1) is 21.5 Å². The van der Waals surface area contributed by atoms with Crippen molar-refractivity contribution >= 4 is 34.1 Å². The summed E-state index contributed by atoms with van der Waals surface area (Å²) < 4.78 is 7.37. The number of carbonyl (C=O) groups excluding carboxylic acids is 1. The van der Waals surface area contributed by atoms with Gasteiger partial charge in [-0.3, -0.25) is 9.36 Å². The number of furan rings is 1. The molecule has 154 valence electrons. The van der Waals surface area contributed by atoms with E-state index in [-0.39, 0.29) is 17.4 Å². The molecule has 2 N–H and O–H groups in total. The number of thioether (sulfide) groups is 1. The maximum absolute atomic E-state index is 12.4. The quantitative estimate of drug-likeness (QED) is 0.416. The van der Waals surface area contributed by atoms with E-state index in [9.17, 15) is 9.90 Å². The number of hydrogen-bond donors (Lipinski definition) is 2. The lowest BCUT2D eigenvalue weighted by molar-refractivity contribution is -0.113. The average molecular weight is 442 g/mol. The number of rotatable bonds is 7. The predicted octanol–water partition coefficient (Wildman–Crippen LogP) is 4.10. The molecular formula is C20H19N5O3S2. The fraction of sp³-hybridized carbons (Fsp3) is 0.200. The van der Waals surface area contributed by atoms with Crippen molar-refractivity contribution in [2.24, 2.45) is 0 Å². The average Bonchev–Trinajstić information content (AvgIpc) is 3.44. The Morgan fingerprint density at radius 2 is 2.03 bits per heavy atom. The van der Waals surface area contributed by atoms with Gasteiger partial charge >= 0.3 is 0 Å². The van der Waals surface area contributed by atoms with Gasteiger partial charge in [0.25, 0.3) is 0 Å². The number of aromatic nitrogens is 4. The molecule has 4 rings (SSSR count). The van der Waals surface area contributed by atoms with Crippen LogP contribution in [0.1, 0.15) is 16.3 Å². The van der Waals surface area contributed by atoms with Gasteiger partial charge in [0.05, 0.1) is 24.3 Å². The minimum absolute atomic E-state index is 0.160. The van der Waals surface area contributed by atoms with Crippen molar-refractivity contribution in [3.63, 3.8) is 0 Å². The Morgan fingerprint density at radius 1 is 1.23 bits per heavy atom. The van der Waals surface area contributed by atoms with Crippen LogP contribution in [0.2, 0.25) is 0 Å². The Balaban J connectivity index is 1.53. The van der Waals surface area contributed by atoms with Gasteiger partial charge in [0.15, 0.2) is 16.1 Å². The van der Waals surface area contributed by atoms with Crippen LogP contribution in [0.3, 0.4) is 0 Å². The zero-order valence-corrected chi connectivity index (χ0v) is 18.0. The van der Waals surface area contributed by atoms with Gasteiger partial charge in [0.2, 0.25) is 5.91 Å². The second-order valence-electron chi connectivity index (χ2n) is 6.52. The minimum atomic E-state index is -0.160. The number of hydrogen-bond acceptors (Lipinski definition) is 8. The van der Waals surface area contributed by atoms with Crippen LogP contribution in [0.25, 0.3) is 11.4 Å². The van der Waals surface area contributed by atoms with Crippen LogP contribution in [0.4, 0.5) is 5.13 Å². The molecule has 0 aliphatic heterocycles. The second-order valence-corrected chi connectivity index (χ2v) is 8.66. The Morgan fingerprint density at radius 3 is 2.70 bits per heavy atom. The lowest BCUT2D eigenvalue weighted by Crippen LogP contribution is -2.14. The second kappa shape index (κ2) is 8.72. The lowest BCUT2D eigenvalue weighted by Gasteiger charge is -2.09. The number of nitrogens with zero attached hydrogens (tertiary/aromatic N) is 4. The van der Waals surface area contributed by atoms with Crippen molar-refractivity contribution in [2.45, 2.75) is 25.5 Å². The highest BCUT2D eigenvalue weighted by atomic mass is 32.2. The van der Waals surface area contributed by atoms with Crippen LogP contribution in [0, 0.1) is 13.8 Å². The summed E-state index contributed by atoms with van der Waals surface area (Å²) in [5.41, 5.74) is 1.72. The third-order valence-corrected chi connectivity index (χ3v) is 6.30. The van der Waals surface area contributed by atoms with Crippen molar-refractivity contribution in [3.8, 4) is 17.1 Å². The summed E-state index contributed by atoms with van der Waals surface area (Å²) in [4.78, 5) is 17.8. The molecule has 1 amide bonds. The Labute approximate surface area is 181 Å². The number of phenolic OH excluding ortho intramolecular Hbond substituents is 1. The van der Waals surface area contributed by atoms with Gasteiger partial charge in [-0.25, -0.2) is 4.98 Å². The molecule has 1 aromatic carbocycles. The number of phenols is 1. The molecular weight excluding hydrogens is 422 g/mol. The number of aromatic hydroxyl groups is 1. The minimum Gasteiger partial charge on any atom is -0.508 e. The van der Waals surface area contributed by atoms with Crippen LogP contribution >= 0.6 is 23.1 Å². The lowest BCUT2D eigenvalue weighted by atomic mass is 10.2. The summed E-state index contributed by atoms with van der Waals surface area (Å²) in [6.07, 6.45) is 1.61. The summed E-state index contributed by atoms with van der Waals surface area (Å²) in [5, 5.41) is 22.1. The summed E-state index contributed by atoms with van der Waals surface area (Å²) in [5.74, 6) is 1.56. The normalized spacial score (nSPS) is 11.0. The number of benzene rings is 1. The Hall–Kier alpha value is -3.11. The molecule has 8 nitrogen and oxygen atoms in total. The Kier molecular flexibility index (Phi) is 5.86. The highest BCUT2D eigenvalue weighted by molar-refractivity contribution is 7.99. The summed E-state index contributed by atoms with van der Waals surface area (Å²) in [6, 6.07) is 10.4. The highest BCUT2D eigenvalue weighted by Crippen LogP contribution is 2.27. The topological polar surface area (TPSA) is 106 Å². The highest BCUT2D eigenvalue weighted by Gasteiger charge is 2.17. The van der Waals surface area contributed by atoms with Crippen LogP contribution in [0.5, 0.6) is 5.75 Å². The van der Waals surface area contributed by atoms with E-state index in [1.54, 1.807) is 30.5 Å². The molecule has 4 aromatic rings. The van der Waals surface area contributed by atoms with Crippen LogP contribution in [-0.4, -0.2) is 36.5 Å². The number of amides is 1. The van der Waals surface area contributed by atoms with E-state index in [0.29, 0.717) is 22.7 Å². The molecule has 10 heteroatoms. The number of thiazole rings is 1. The number of carbonyl (C=O) groups is 1. The predicted molar refractivity (Wildman–Crippen MR) is 116 cm³/mol. The van der Waals surface area contributed by atoms with Crippen molar-refractivity contribution in [3.05, 3.63) is 59.0 Å². The van der Waals surface area contributed by atoms with Crippen LogP contribution in [-0.2, 0) is 11.3 Å². The van der Waals surface area contributed by atoms with Crippen molar-refractivity contribution in [1.82, 2.24) is 19.7 Å². The smallest absolute Gasteiger partial charge is 0.236 e. The van der Waals surface area contributed by atoms with E-state index < -0.39 is 0 Å². The molecule has 0 fully saturated rings. The number of anilines is 1. The van der Waals surface area contributed by atoms with Crippen LogP contribution in [0.15, 0.2) is 52.2 Å². The summed E-state index contributed by atoms with van der Waals surface area (Å²) in [6.45, 7) is 4.31. The molecule has 0 aliphatic carbocycles. The first-order valence-corrected chi connectivity index (χ1v) is 10.9. The van der Waals surface area contributed by atoms with Crippen LogP contribution < -0.4 is 5.32 Å². The Bertz CT molecular complexity index is 1130. The monoisotopic (exact) mass is 441 g/mol. The van der Waals surface area contributed by atoms with E-state index in [1.807, 2.05) is 30.5 Å². The zero-order chi connectivity index (χ0) is 21.1. The van der Waals surface area contributed by atoms with Gasteiger partial charge in [0, 0.05) is 10.4 Å². The number of nitrogens with one attached hydrogen (secondary N) is 1. The third kappa shape index (κ3) is 4.55. The fourth-order valence-corrected chi connectivity index (χ4v) is 4.30. The van der Waals surface area contributed by atoms with Gasteiger partial charge in [-0.2, -0.15) is 0 Å². The van der Waals surface area contributed by atoms with E-state index >= 15 is 0 Å². The SMILES string of the molecule is Cc1nc(NC(=O)CSc2nnc(-c3ccc(O)cc3)n2Cc2ccco2)sc1C. The molecule has 0 saturated carbocycles. The van der Waals surface area contributed by atoms with Crippen molar-refractivity contribution < 1.29 is 14.3 Å². The molecule has 0 aliphatic rings. The molecule has 0 unspecified atom stereocenters. The standard InChI is InChI=1S/C20H19N5O3S2/c1-12-13(2)30-19(21-12)22-17(27)11-29-20-24-23-18(14-5-7-15(26)8-6-14)25(20)10-16-4-3-9-28-16/h3-9,26H,10-11H2,1-2H3,(H,21,22,27). The first-order chi connectivity index (χ1) is 14.5. The largest absolute Gasteiger partial charge is 0.508 e. The van der Waals surface area contributed by atoms with Crippen molar-refractivity contribution in [1.29, 1.82) is 0 Å². The summed E-state index contributed by atoms with van der Waals surface area (Å²) in [7, 11) is 0. The maximum Gasteiger partial charge on any atom is 0.236 e.